The third kappa shape index (κ3) is 12.5. The highest BCUT2D eigenvalue weighted by atomic mass is 127. The van der Waals surface area contributed by atoms with Crippen molar-refractivity contribution in [3.05, 3.63) is 35.4 Å². The van der Waals surface area contributed by atoms with Gasteiger partial charge in [0.15, 0.2) is 5.96 Å². The van der Waals surface area contributed by atoms with Crippen LogP contribution in [0.3, 0.4) is 0 Å². The lowest BCUT2D eigenvalue weighted by molar-refractivity contribution is -0.176. The van der Waals surface area contributed by atoms with Crippen molar-refractivity contribution in [2.75, 3.05) is 59.5 Å². The van der Waals surface area contributed by atoms with Gasteiger partial charge in [-0.15, -0.1) is 24.0 Å². The number of likely N-dealkylation sites (N-methyl/N-ethyl adjacent to an activating group) is 1. The molecule has 0 atom stereocenters. The molecule has 1 aromatic carbocycles. The minimum atomic E-state index is -4.30. The van der Waals surface area contributed by atoms with E-state index in [-0.39, 0.29) is 30.6 Å². The number of halogens is 4. The SMILES string of the molecule is CCNC(=NCc1ccc(COCC(F)(F)F)cc1)NCCN1CCCN(C)CC1.I. The Morgan fingerprint density at radius 1 is 1.06 bits per heavy atom. The number of nitrogens with zero attached hydrogens (tertiary/aromatic N) is 3. The number of nitrogens with one attached hydrogen (secondary N) is 2. The maximum Gasteiger partial charge on any atom is 0.411 e. The van der Waals surface area contributed by atoms with E-state index in [2.05, 4.69) is 37.2 Å². The Balaban J connectivity index is 0.00000480. The van der Waals surface area contributed by atoms with Gasteiger partial charge in [-0.2, -0.15) is 13.2 Å². The van der Waals surface area contributed by atoms with Crippen LogP contribution in [0.15, 0.2) is 29.3 Å². The molecule has 0 bridgehead atoms. The van der Waals surface area contributed by atoms with Crippen molar-refractivity contribution in [2.24, 2.45) is 4.99 Å². The molecule has 1 aliphatic rings. The van der Waals surface area contributed by atoms with Crippen LogP contribution in [0.2, 0.25) is 0 Å². The van der Waals surface area contributed by atoms with Crippen LogP contribution in [0.25, 0.3) is 0 Å². The first-order valence-corrected chi connectivity index (χ1v) is 10.5. The number of hydrogen-bond acceptors (Lipinski definition) is 4. The van der Waals surface area contributed by atoms with Gasteiger partial charge in [-0.25, -0.2) is 4.99 Å². The summed E-state index contributed by atoms with van der Waals surface area (Å²) in [7, 11) is 2.17. The molecule has 178 valence electrons. The molecule has 0 aliphatic carbocycles. The highest BCUT2D eigenvalue weighted by Crippen LogP contribution is 2.16. The Bertz CT molecular complexity index is 643. The molecule has 0 unspecified atom stereocenters. The molecule has 31 heavy (non-hydrogen) atoms. The molecule has 1 aliphatic heterocycles. The molecular formula is C21H35F3IN5O. The van der Waals surface area contributed by atoms with Gasteiger partial charge in [0.1, 0.15) is 6.61 Å². The average Bonchev–Trinajstić information content (AvgIpc) is 2.90. The summed E-state index contributed by atoms with van der Waals surface area (Å²) in [5, 5.41) is 6.63. The highest BCUT2D eigenvalue weighted by molar-refractivity contribution is 14.0. The van der Waals surface area contributed by atoms with Crippen LogP contribution in [-0.2, 0) is 17.9 Å². The Morgan fingerprint density at radius 3 is 2.45 bits per heavy atom. The molecule has 10 heteroatoms. The summed E-state index contributed by atoms with van der Waals surface area (Å²) in [5.41, 5.74) is 1.70. The third-order valence-electron chi connectivity index (χ3n) is 4.85. The number of benzene rings is 1. The number of aliphatic imine (C=N–C) groups is 1. The molecule has 1 heterocycles. The first-order valence-electron chi connectivity index (χ1n) is 10.5. The number of rotatable bonds is 9. The molecule has 0 amide bonds. The van der Waals surface area contributed by atoms with Crippen molar-refractivity contribution in [2.45, 2.75) is 32.7 Å². The van der Waals surface area contributed by atoms with E-state index < -0.39 is 12.8 Å². The monoisotopic (exact) mass is 557 g/mol. The zero-order chi connectivity index (χ0) is 21.8. The lowest BCUT2D eigenvalue weighted by Gasteiger charge is -2.21. The number of guanidine groups is 1. The maximum atomic E-state index is 12.1. The van der Waals surface area contributed by atoms with Crippen molar-refractivity contribution >= 4 is 29.9 Å². The van der Waals surface area contributed by atoms with Crippen LogP contribution >= 0.6 is 24.0 Å². The number of hydrogen-bond donors (Lipinski definition) is 2. The lowest BCUT2D eigenvalue weighted by atomic mass is 10.1. The molecule has 1 saturated heterocycles. The second-order valence-electron chi connectivity index (χ2n) is 7.54. The molecule has 2 rings (SSSR count). The molecule has 1 fully saturated rings. The molecule has 2 N–H and O–H groups in total. The van der Waals surface area contributed by atoms with Gasteiger partial charge < -0.3 is 25.2 Å². The predicted octanol–water partition coefficient (Wildman–Crippen LogP) is 3.08. The second-order valence-corrected chi connectivity index (χ2v) is 7.54. The van der Waals surface area contributed by atoms with Crippen LogP contribution in [-0.4, -0.2) is 81.4 Å². The van der Waals surface area contributed by atoms with Gasteiger partial charge in [-0.3, -0.25) is 0 Å². The lowest BCUT2D eigenvalue weighted by Crippen LogP contribution is -2.42. The van der Waals surface area contributed by atoms with Crippen molar-refractivity contribution in [3.8, 4) is 0 Å². The van der Waals surface area contributed by atoms with Crippen LogP contribution < -0.4 is 10.6 Å². The first-order chi connectivity index (χ1) is 14.4. The van der Waals surface area contributed by atoms with Gasteiger partial charge in [0.2, 0.25) is 0 Å². The number of alkyl halides is 3. The van der Waals surface area contributed by atoms with Gasteiger partial charge in [0, 0.05) is 32.7 Å². The fourth-order valence-corrected chi connectivity index (χ4v) is 3.19. The first kappa shape index (κ1) is 27.9. The van der Waals surface area contributed by atoms with Gasteiger partial charge in [0.25, 0.3) is 0 Å². The topological polar surface area (TPSA) is 52.1 Å². The molecule has 0 radical (unpaired) electrons. The van der Waals surface area contributed by atoms with E-state index in [1.165, 1.54) is 6.42 Å². The Hall–Kier alpha value is -1.11. The Morgan fingerprint density at radius 2 is 1.77 bits per heavy atom. The summed E-state index contributed by atoms with van der Waals surface area (Å²) in [5.74, 6) is 0.766. The molecule has 1 aromatic rings. The van der Waals surface area contributed by atoms with E-state index >= 15 is 0 Å². The van der Waals surface area contributed by atoms with E-state index in [0.29, 0.717) is 12.1 Å². The summed E-state index contributed by atoms with van der Waals surface area (Å²) in [6.07, 6.45) is -3.10. The van der Waals surface area contributed by atoms with E-state index in [4.69, 9.17) is 0 Å². The smallest absolute Gasteiger partial charge is 0.367 e. The van der Waals surface area contributed by atoms with Crippen molar-refractivity contribution in [3.63, 3.8) is 0 Å². The van der Waals surface area contributed by atoms with E-state index in [1.54, 1.807) is 12.1 Å². The molecule has 0 saturated carbocycles. The van der Waals surface area contributed by atoms with Gasteiger partial charge in [0.05, 0.1) is 13.2 Å². The summed E-state index contributed by atoms with van der Waals surface area (Å²) in [6, 6.07) is 7.29. The van der Waals surface area contributed by atoms with E-state index in [1.807, 2.05) is 19.1 Å². The largest absolute Gasteiger partial charge is 0.411 e. The summed E-state index contributed by atoms with van der Waals surface area (Å²) in [6.45, 7) is 8.28. The van der Waals surface area contributed by atoms with Gasteiger partial charge in [-0.1, -0.05) is 24.3 Å². The molecule has 0 aromatic heterocycles. The maximum absolute atomic E-state index is 12.1. The fraction of sp³-hybridized carbons (Fsp3) is 0.667. The highest BCUT2D eigenvalue weighted by Gasteiger charge is 2.27. The Labute approximate surface area is 200 Å². The van der Waals surface area contributed by atoms with Crippen molar-refractivity contribution in [1.82, 2.24) is 20.4 Å². The summed E-state index contributed by atoms with van der Waals surface area (Å²) >= 11 is 0. The van der Waals surface area contributed by atoms with Crippen LogP contribution in [0.5, 0.6) is 0 Å². The Kier molecular flexibility index (Phi) is 13.4. The average molecular weight is 557 g/mol. The quantitative estimate of drug-likeness (QED) is 0.278. The van der Waals surface area contributed by atoms with Gasteiger partial charge >= 0.3 is 6.18 Å². The van der Waals surface area contributed by atoms with Crippen LogP contribution in [0.1, 0.15) is 24.5 Å². The number of ether oxygens (including phenoxy) is 1. The molecular weight excluding hydrogens is 522 g/mol. The minimum Gasteiger partial charge on any atom is -0.367 e. The van der Waals surface area contributed by atoms with Crippen LogP contribution in [0.4, 0.5) is 13.2 Å². The van der Waals surface area contributed by atoms with Crippen molar-refractivity contribution < 1.29 is 17.9 Å². The minimum absolute atomic E-state index is 0. The van der Waals surface area contributed by atoms with E-state index in [0.717, 1.165) is 57.3 Å². The summed E-state index contributed by atoms with van der Waals surface area (Å²) < 4.78 is 41.1. The summed E-state index contributed by atoms with van der Waals surface area (Å²) in [4.78, 5) is 9.45. The van der Waals surface area contributed by atoms with E-state index in [9.17, 15) is 13.2 Å². The standard InChI is InChI=1S/C21H34F3N5O.HI/c1-3-25-20(26-9-12-29-11-4-10-28(2)13-14-29)27-15-18-5-7-19(8-6-18)16-30-17-21(22,23)24;/h5-8H,3-4,9-17H2,1-2H3,(H2,25,26,27);1H. The normalized spacial score (nSPS) is 16.5. The van der Waals surface area contributed by atoms with Crippen LogP contribution in [0, 0.1) is 0 Å². The molecule has 0 spiro atoms. The zero-order valence-corrected chi connectivity index (χ0v) is 20.7. The zero-order valence-electron chi connectivity index (χ0n) is 18.4. The molecule has 6 nitrogen and oxygen atoms in total. The third-order valence-corrected chi connectivity index (χ3v) is 4.85. The predicted molar refractivity (Wildman–Crippen MR) is 129 cm³/mol. The van der Waals surface area contributed by atoms with Gasteiger partial charge in [-0.05, 0) is 44.6 Å². The second kappa shape index (κ2) is 14.9. The van der Waals surface area contributed by atoms with Crippen molar-refractivity contribution in [1.29, 1.82) is 0 Å². The fourth-order valence-electron chi connectivity index (χ4n) is 3.19.